The molecule has 1 heterocycles. The summed E-state index contributed by atoms with van der Waals surface area (Å²) in [5.74, 6) is -0.273. The van der Waals surface area contributed by atoms with Crippen LogP contribution < -0.4 is 11.1 Å². The summed E-state index contributed by atoms with van der Waals surface area (Å²) >= 11 is 0. The van der Waals surface area contributed by atoms with Gasteiger partial charge >= 0.3 is 0 Å². The van der Waals surface area contributed by atoms with E-state index in [0.29, 0.717) is 12.2 Å². The topological polar surface area (TPSA) is 93.0 Å². The summed E-state index contributed by atoms with van der Waals surface area (Å²) in [6.07, 6.45) is 1.71. The van der Waals surface area contributed by atoms with Crippen LogP contribution in [0.3, 0.4) is 0 Å². The zero-order chi connectivity index (χ0) is 12.8. The first-order valence-corrected chi connectivity index (χ1v) is 5.73. The van der Waals surface area contributed by atoms with Crippen molar-refractivity contribution in [2.24, 2.45) is 0 Å². The highest BCUT2D eigenvalue weighted by Gasteiger charge is 2.16. The van der Waals surface area contributed by atoms with Gasteiger partial charge in [-0.25, -0.2) is 0 Å². The van der Waals surface area contributed by atoms with Gasteiger partial charge in [-0.2, -0.15) is 5.10 Å². The highest BCUT2D eigenvalue weighted by molar-refractivity contribution is 5.97. The van der Waals surface area contributed by atoms with E-state index in [1.807, 2.05) is 13.8 Å². The lowest BCUT2D eigenvalue weighted by Gasteiger charge is -2.09. The molecule has 6 nitrogen and oxygen atoms in total. The number of aryl methyl sites for hydroxylation is 1. The molecule has 1 rings (SSSR count). The zero-order valence-corrected chi connectivity index (χ0v) is 10.5. The highest BCUT2D eigenvalue weighted by Crippen LogP contribution is 2.15. The van der Waals surface area contributed by atoms with E-state index in [1.54, 1.807) is 7.11 Å². The van der Waals surface area contributed by atoms with Crippen molar-refractivity contribution in [3.05, 3.63) is 11.4 Å². The molecule has 0 saturated heterocycles. The smallest absolute Gasteiger partial charge is 0.274 e. The number of nitrogens with one attached hydrogen (secondary N) is 2. The summed E-state index contributed by atoms with van der Waals surface area (Å²) in [6.45, 7) is 4.35. The van der Waals surface area contributed by atoms with E-state index in [0.717, 1.165) is 18.5 Å². The zero-order valence-electron chi connectivity index (χ0n) is 10.5. The third kappa shape index (κ3) is 3.45. The molecule has 0 aliphatic rings. The van der Waals surface area contributed by atoms with Crippen molar-refractivity contribution in [1.29, 1.82) is 0 Å². The van der Waals surface area contributed by atoms with Gasteiger partial charge in [-0.15, -0.1) is 0 Å². The lowest BCUT2D eigenvalue weighted by molar-refractivity contribution is 0.0867. The molecule has 0 saturated carbocycles. The van der Waals surface area contributed by atoms with Gasteiger partial charge in [-0.3, -0.25) is 9.89 Å². The van der Waals surface area contributed by atoms with Crippen molar-refractivity contribution >= 4 is 11.6 Å². The molecule has 0 aromatic carbocycles. The first-order valence-electron chi connectivity index (χ1n) is 5.73. The monoisotopic (exact) mass is 240 g/mol. The third-order valence-corrected chi connectivity index (χ3v) is 2.55. The number of hydrogen-bond donors (Lipinski definition) is 3. The molecular formula is C11H20N4O2. The van der Waals surface area contributed by atoms with E-state index < -0.39 is 0 Å². The first-order chi connectivity index (χ1) is 8.10. The normalized spacial score (nSPS) is 12.4. The van der Waals surface area contributed by atoms with E-state index in [4.69, 9.17) is 10.5 Å². The largest absolute Gasteiger partial charge is 0.395 e. The molecule has 17 heavy (non-hydrogen) atoms. The molecule has 0 radical (unpaired) electrons. The average Bonchev–Trinajstić information content (AvgIpc) is 2.68. The molecule has 1 aromatic heterocycles. The van der Waals surface area contributed by atoms with E-state index in [9.17, 15) is 4.79 Å². The van der Waals surface area contributed by atoms with Crippen LogP contribution in [0.4, 0.5) is 5.69 Å². The van der Waals surface area contributed by atoms with Crippen LogP contribution in [0.2, 0.25) is 0 Å². The number of carbonyl (C=O) groups excluding carboxylic acids is 1. The summed E-state index contributed by atoms with van der Waals surface area (Å²) in [6, 6.07) is 0. The Balaban J connectivity index is 2.63. The number of ether oxygens (including phenoxy) is 1. The van der Waals surface area contributed by atoms with E-state index in [-0.39, 0.29) is 17.7 Å². The Morgan fingerprint density at radius 1 is 1.65 bits per heavy atom. The maximum Gasteiger partial charge on any atom is 0.274 e. The van der Waals surface area contributed by atoms with Gasteiger partial charge < -0.3 is 15.8 Å². The predicted octanol–water partition coefficient (Wildman–Crippen LogP) is 0.709. The highest BCUT2D eigenvalue weighted by atomic mass is 16.5. The Morgan fingerprint density at radius 3 is 2.94 bits per heavy atom. The molecule has 1 atom stereocenters. The Hall–Kier alpha value is -1.56. The third-order valence-electron chi connectivity index (χ3n) is 2.55. The maximum atomic E-state index is 11.8. The molecule has 1 aromatic rings. The number of hydrogen-bond acceptors (Lipinski definition) is 4. The summed E-state index contributed by atoms with van der Waals surface area (Å²) in [4.78, 5) is 11.8. The van der Waals surface area contributed by atoms with Crippen molar-refractivity contribution in [1.82, 2.24) is 15.5 Å². The van der Waals surface area contributed by atoms with E-state index in [2.05, 4.69) is 15.5 Å². The fourth-order valence-corrected chi connectivity index (χ4v) is 1.40. The van der Waals surface area contributed by atoms with Gasteiger partial charge in [-0.05, 0) is 13.3 Å². The SMILES string of the molecule is CCCc1[nH]nc(C(=O)NCC(C)OC)c1N. The molecule has 96 valence electrons. The first kappa shape index (κ1) is 13.5. The van der Waals surface area contributed by atoms with Crippen LogP contribution in [0.1, 0.15) is 36.5 Å². The molecule has 0 spiro atoms. The number of aromatic amines is 1. The van der Waals surface area contributed by atoms with Gasteiger partial charge in [0.2, 0.25) is 0 Å². The van der Waals surface area contributed by atoms with E-state index >= 15 is 0 Å². The molecule has 0 bridgehead atoms. The van der Waals surface area contributed by atoms with Gasteiger partial charge in [0.15, 0.2) is 5.69 Å². The van der Waals surface area contributed by atoms with Gasteiger partial charge in [0.05, 0.1) is 17.5 Å². The van der Waals surface area contributed by atoms with Crippen LogP contribution in [0.15, 0.2) is 0 Å². The van der Waals surface area contributed by atoms with Gasteiger partial charge in [0, 0.05) is 13.7 Å². The fraction of sp³-hybridized carbons (Fsp3) is 0.636. The minimum absolute atomic E-state index is 0.0331. The van der Waals surface area contributed by atoms with Crippen LogP contribution in [0.25, 0.3) is 0 Å². The van der Waals surface area contributed by atoms with Crippen molar-refractivity contribution < 1.29 is 9.53 Å². The Labute approximate surface area is 101 Å². The van der Waals surface area contributed by atoms with Gasteiger partial charge in [0.25, 0.3) is 5.91 Å². The fourth-order valence-electron chi connectivity index (χ4n) is 1.40. The lowest BCUT2D eigenvalue weighted by Crippen LogP contribution is -2.32. The second-order valence-corrected chi connectivity index (χ2v) is 3.97. The molecule has 0 aliphatic heterocycles. The van der Waals surface area contributed by atoms with Crippen LogP contribution in [0, 0.1) is 0 Å². The van der Waals surface area contributed by atoms with E-state index in [1.165, 1.54) is 0 Å². The maximum absolute atomic E-state index is 11.8. The van der Waals surface area contributed by atoms with Crippen LogP contribution in [-0.2, 0) is 11.2 Å². The minimum Gasteiger partial charge on any atom is -0.395 e. The molecular weight excluding hydrogens is 220 g/mol. The van der Waals surface area contributed by atoms with Crippen molar-refractivity contribution in [2.75, 3.05) is 19.4 Å². The number of rotatable bonds is 6. The number of anilines is 1. The number of amides is 1. The number of aromatic nitrogens is 2. The second kappa shape index (κ2) is 6.24. The van der Waals surface area contributed by atoms with Crippen molar-refractivity contribution in [2.45, 2.75) is 32.8 Å². The van der Waals surface area contributed by atoms with Gasteiger partial charge in [0.1, 0.15) is 0 Å². The molecule has 4 N–H and O–H groups in total. The predicted molar refractivity (Wildman–Crippen MR) is 65.8 cm³/mol. The standard InChI is InChI=1S/C11H20N4O2/c1-4-5-8-9(12)10(15-14-8)11(16)13-6-7(2)17-3/h7H,4-6,12H2,1-3H3,(H,13,16)(H,14,15). The van der Waals surface area contributed by atoms with Crippen LogP contribution >= 0.6 is 0 Å². The van der Waals surface area contributed by atoms with Crippen LogP contribution in [0.5, 0.6) is 0 Å². The second-order valence-electron chi connectivity index (χ2n) is 3.97. The summed E-state index contributed by atoms with van der Waals surface area (Å²) < 4.78 is 5.04. The molecule has 6 heteroatoms. The minimum atomic E-state index is -0.273. The molecule has 0 aliphatic carbocycles. The molecule has 0 fully saturated rings. The Kier molecular flexibility index (Phi) is 4.96. The number of nitrogen functional groups attached to an aromatic ring is 1. The lowest BCUT2D eigenvalue weighted by atomic mass is 10.2. The Bertz CT molecular complexity index is 376. The van der Waals surface area contributed by atoms with Crippen LogP contribution in [-0.4, -0.2) is 35.9 Å². The number of carbonyl (C=O) groups is 1. The number of nitrogens with zero attached hydrogens (tertiary/aromatic N) is 1. The number of nitrogens with two attached hydrogens (primary N) is 1. The summed E-state index contributed by atoms with van der Waals surface area (Å²) in [5.41, 5.74) is 7.36. The summed E-state index contributed by atoms with van der Waals surface area (Å²) in [7, 11) is 1.60. The van der Waals surface area contributed by atoms with Crippen molar-refractivity contribution in [3.8, 4) is 0 Å². The average molecular weight is 240 g/mol. The Morgan fingerprint density at radius 2 is 2.35 bits per heavy atom. The quantitative estimate of drug-likeness (QED) is 0.682. The number of methoxy groups -OCH3 is 1. The van der Waals surface area contributed by atoms with Gasteiger partial charge in [-0.1, -0.05) is 13.3 Å². The number of H-pyrrole nitrogens is 1. The van der Waals surface area contributed by atoms with Crippen molar-refractivity contribution in [3.63, 3.8) is 0 Å². The molecule has 1 unspecified atom stereocenters. The summed E-state index contributed by atoms with van der Waals surface area (Å²) in [5, 5.41) is 9.45. The molecule has 1 amide bonds.